The van der Waals surface area contributed by atoms with Gasteiger partial charge in [0.15, 0.2) is 10.9 Å². The lowest BCUT2D eigenvalue weighted by Gasteiger charge is -2.07. The van der Waals surface area contributed by atoms with Crippen molar-refractivity contribution < 1.29 is 0 Å². The van der Waals surface area contributed by atoms with Crippen molar-refractivity contribution in [1.82, 2.24) is 14.8 Å². The standard InChI is InChI=1S/C11H12N4OS/c1-15-10(16)9(13-14-11(15)17-2)7-5-3-4-6-8(7)12/h3-6H,12H2,1-2H3. The van der Waals surface area contributed by atoms with Crippen molar-refractivity contribution in [3.63, 3.8) is 0 Å². The van der Waals surface area contributed by atoms with Crippen molar-refractivity contribution in [1.29, 1.82) is 0 Å². The highest BCUT2D eigenvalue weighted by Crippen LogP contribution is 2.20. The molecule has 0 aliphatic carbocycles. The molecule has 0 bridgehead atoms. The van der Waals surface area contributed by atoms with Crippen molar-refractivity contribution in [2.24, 2.45) is 7.05 Å². The Morgan fingerprint density at radius 3 is 2.65 bits per heavy atom. The maximum atomic E-state index is 12.1. The van der Waals surface area contributed by atoms with Crippen molar-refractivity contribution in [3.05, 3.63) is 34.6 Å². The van der Waals surface area contributed by atoms with Crippen LogP contribution in [0.1, 0.15) is 0 Å². The van der Waals surface area contributed by atoms with Gasteiger partial charge in [-0.15, -0.1) is 10.2 Å². The highest BCUT2D eigenvalue weighted by atomic mass is 32.2. The van der Waals surface area contributed by atoms with E-state index >= 15 is 0 Å². The molecule has 17 heavy (non-hydrogen) atoms. The van der Waals surface area contributed by atoms with E-state index in [0.29, 0.717) is 16.4 Å². The second kappa shape index (κ2) is 4.58. The third-order valence-corrected chi connectivity index (χ3v) is 3.15. The molecule has 2 aromatic rings. The maximum Gasteiger partial charge on any atom is 0.280 e. The summed E-state index contributed by atoms with van der Waals surface area (Å²) in [5.74, 6) is 0. The molecular weight excluding hydrogens is 236 g/mol. The van der Waals surface area contributed by atoms with Gasteiger partial charge < -0.3 is 5.73 Å². The second-order valence-electron chi connectivity index (χ2n) is 3.49. The van der Waals surface area contributed by atoms with Crippen molar-refractivity contribution in [3.8, 4) is 11.3 Å². The van der Waals surface area contributed by atoms with Crippen molar-refractivity contribution in [2.45, 2.75) is 5.16 Å². The Morgan fingerprint density at radius 1 is 1.29 bits per heavy atom. The lowest BCUT2D eigenvalue weighted by Crippen LogP contribution is -2.23. The third-order valence-electron chi connectivity index (χ3n) is 2.43. The molecule has 0 amide bonds. The fourth-order valence-electron chi connectivity index (χ4n) is 1.51. The van der Waals surface area contributed by atoms with Crippen LogP contribution in [-0.2, 0) is 7.05 Å². The topological polar surface area (TPSA) is 73.8 Å². The minimum Gasteiger partial charge on any atom is -0.398 e. The molecule has 1 aromatic carbocycles. The summed E-state index contributed by atoms with van der Waals surface area (Å²) in [5, 5.41) is 8.53. The van der Waals surface area contributed by atoms with E-state index in [9.17, 15) is 4.79 Å². The van der Waals surface area contributed by atoms with Gasteiger partial charge in [0.05, 0.1) is 0 Å². The summed E-state index contributed by atoms with van der Waals surface area (Å²) < 4.78 is 1.47. The summed E-state index contributed by atoms with van der Waals surface area (Å²) in [6, 6.07) is 7.13. The van der Waals surface area contributed by atoms with Crippen LogP contribution >= 0.6 is 11.8 Å². The number of para-hydroxylation sites is 1. The molecule has 0 radical (unpaired) electrons. The molecule has 6 heteroatoms. The van der Waals surface area contributed by atoms with Crippen LogP contribution < -0.4 is 11.3 Å². The van der Waals surface area contributed by atoms with Crippen LogP contribution in [0.4, 0.5) is 5.69 Å². The molecule has 0 fully saturated rings. The first kappa shape index (κ1) is 11.7. The maximum absolute atomic E-state index is 12.1. The van der Waals surface area contributed by atoms with E-state index in [2.05, 4.69) is 10.2 Å². The Balaban J connectivity index is 2.67. The molecule has 0 aliphatic heterocycles. The number of nitrogens with two attached hydrogens (primary N) is 1. The molecule has 0 atom stereocenters. The molecule has 1 aromatic heterocycles. The number of hydrogen-bond acceptors (Lipinski definition) is 5. The fraction of sp³-hybridized carbons (Fsp3) is 0.182. The van der Waals surface area contributed by atoms with Crippen LogP contribution in [0.15, 0.2) is 34.2 Å². The molecule has 0 spiro atoms. The Bertz CT molecular complexity index is 609. The first-order valence-electron chi connectivity index (χ1n) is 4.97. The van der Waals surface area contributed by atoms with Gasteiger partial charge in [0.25, 0.3) is 5.56 Å². The average molecular weight is 248 g/mol. The quantitative estimate of drug-likeness (QED) is 0.637. The molecule has 0 saturated carbocycles. The summed E-state index contributed by atoms with van der Waals surface area (Å²) >= 11 is 1.38. The zero-order chi connectivity index (χ0) is 12.4. The van der Waals surface area contributed by atoms with Crippen LogP contribution in [-0.4, -0.2) is 21.0 Å². The Kier molecular flexibility index (Phi) is 3.14. The Morgan fingerprint density at radius 2 is 2.00 bits per heavy atom. The Hall–Kier alpha value is -1.82. The van der Waals surface area contributed by atoms with Crippen molar-refractivity contribution in [2.75, 3.05) is 12.0 Å². The first-order valence-corrected chi connectivity index (χ1v) is 6.20. The fourth-order valence-corrected chi connectivity index (χ4v) is 1.99. The molecule has 0 saturated heterocycles. The number of hydrogen-bond donors (Lipinski definition) is 1. The summed E-state index contributed by atoms with van der Waals surface area (Å²) in [5.41, 5.74) is 7.05. The van der Waals surface area contributed by atoms with Gasteiger partial charge in [0.1, 0.15) is 0 Å². The summed E-state index contributed by atoms with van der Waals surface area (Å²) in [4.78, 5) is 12.1. The Labute approximate surface area is 103 Å². The van der Waals surface area contributed by atoms with Gasteiger partial charge in [-0.05, 0) is 12.3 Å². The highest BCUT2D eigenvalue weighted by Gasteiger charge is 2.12. The predicted octanol–water partition coefficient (Wildman–Crippen LogP) is 1.15. The van der Waals surface area contributed by atoms with E-state index < -0.39 is 0 Å². The lowest BCUT2D eigenvalue weighted by molar-refractivity contribution is 0.667. The number of rotatable bonds is 2. The summed E-state index contributed by atoms with van der Waals surface area (Å²) in [6.07, 6.45) is 1.85. The third kappa shape index (κ3) is 2.03. The first-order chi connectivity index (χ1) is 8.15. The monoisotopic (exact) mass is 248 g/mol. The smallest absolute Gasteiger partial charge is 0.280 e. The largest absolute Gasteiger partial charge is 0.398 e. The van der Waals surface area contributed by atoms with E-state index in [0.717, 1.165) is 0 Å². The van der Waals surface area contributed by atoms with Crippen LogP contribution in [0.25, 0.3) is 11.3 Å². The highest BCUT2D eigenvalue weighted by molar-refractivity contribution is 7.98. The number of anilines is 1. The van der Waals surface area contributed by atoms with Crippen molar-refractivity contribution >= 4 is 17.4 Å². The van der Waals surface area contributed by atoms with Gasteiger partial charge >= 0.3 is 0 Å². The molecule has 1 heterocycles. The zero-order valence-electron chi connectivity index (χ0n) is 9.54. The lowest BCUT2D eigenvalue weighted by atomic mass is 10.1. The molecule has 2 N–H and O–H groups in total. The molecule has 2 rings (SSSR count). The minimum absolute atomic E-state index is 0.192. The number of nitrogen functional groups attached to an aromatic ring is 1. The van der Waals surface area contributed by atoms with Gasteiger partial charge in [-0.1, -0.05) is 30.0 Å². The second-order valence-corrected chi connectivity index (χ2v) is 4.26. The van der Waals surface area contributed by atoms with Gasteiger partial charge in [0, 0.05) is 18.3 Å². The number of nitrogens with zero attached hydrogens (tertiary/aromatic N) is 3. The molecule has 0 aliphatic rings. The summed E-state index contributed by atoms with van der Waals surface area (Å²) in [7, 11) is 1.67. The van der Waals surface area contributed by atoms with Crippen LogP contribution in [0, 0.1) is 0 Å². The molecule has 88 valence electrons. The predicted molar refractivity (Wildman–Crippen MR) is 68.9 cm³/mol. The van der Waals surface area contributed by atoms with E-state index in [-0.39, 0.29) is 11.3 Å². The van der Waals surface area contributed by atoms with Gasteiger partial charge in [-0.25, -0.2) is 0 Å². The zero-order valence-corrected chi connectivity index (χ0v) is 10.4. The molecule has 0 unspecified atom stereocenters. The van der Waals surface area contributed by atoms with E-state index in [1.165, 1.54) is 16.3 Å². The number of benzene rings is 1. The average Bonchev–Trinajstić information content (AvgIpc) is 2.34. The van der Waals surface area contributed by atoms with E-state index in [1.54, 1.807) is 19.2 Å². The van der Waals surface area contributed by atoms with E-state index in [4.69, 9.17) is 5.73 Å². The number of aromatic nitrogens is 3. The van der Waals surface area contributed by atoms with Gasteiger partial charge in [-0.3, -0.25) is 9.36 Å². The summed E-state index contributed by atoms with van der Waals surface area (Å²) in [6.45, 7) is 0. The van der Waals surface area contributed by atoms with Crippen LogP contribution in [0.3, 0.4) is 0 Å². The van der Waals surface area contributed by atoms with Gasteiger partial charge in [-0.2, -0.15) is 0 Å². The SMILES string of the molecule is CSc1nnc(-c2ccccc2N)c(=O)n1C. The van der Waals surface area contributed by atoms with Crippen LogP contribution in [0.5, 0.6) is 0 Å². The van der Waals surface area contributed by atoms with Crippen LogP contribution in [0.2, 0.25) is 0 Å². The molecule has 5 nitrogen and oxygen atoms in total. The molecular formula is C11H12N4OS. The minimum atomic E-state index is -0.192. The van der Waals surface area contributed by atoms with E-state index in [1.807, 2.05) is 18.4 Å². The van der Waals surface area contributed by atoms with Gasteiger partial charge in [0.2, 0.25) is 0 Å². The normalized spacial score (nSPS) is 10.5. The number of thioether (sulfide) groups is 1.